The highest BCUT2D eigenvalue weighted by Gasteiger charge is 2.06. The molecule has 0 spiro atoms. The molecule has 0 aliphatic heterocycles. The normalized spacial score (nSPS) is 10.7. The van der Waals surface area contributed by atoms with Crippen molar-refractivity contribution in [2.75, 3.05) is 25.0 Å². The third kappa shape index (κ3) is 4.67. The summed E-state index contributed by atoms with van der Waals surface area (Å²) in [7, 11) is 3.07. The Kier molecular flexibility index (Phi) is 6.30. The van der Waals surface area contributed by atoms with E-state index < -0.39 is 0 Å². The quantitative estimate of drug-likeness (QED) is 0.539. The van der Waals surface area contributed by atoms with Crippen LogP contribution in [0, 0.1) is 0 Å². The number of carbonyl (C=O) groups excluding carboxylic acids is 1. The zero-order valence-corrected chi connectivity index (χ0v) is 14.8. The first-order valence-corrected chi connectivity index (χ1v) is 8.22. The number of nitrogens with zero attached hydrogens (tertiary/aromatic N) is 2. The Bertz CT molecular complexity index is 867. The fourth-order valence-electron chi connectivity index (χ4n) is 2.61. The van der Waals surface area contributed by atoms with Crippen LogP contribution in [0.3, 0.4) is 0 Å². The van der Waals surface area contributed by atoms with Crippen LogP contribution >= 0.6 is 0 Å². The van der Waals surface area contributed by atoms with Gasteiger partial charge in [-0.3, -0.25) is 18.7 Å². The number of aromatic nitrogens is 2. The molecule has 1 aromatic carbocycles. The smallest absolute Gasteiger partial charge is 0.332 e. The lowest BCUT2D eigenvalue weighted by Crippen LogP contribution is -2.38. The molecular formula is C18H24N4O3. The van der Waals surface area contributed by atoms with Crippen LogP contribution < -0.4 is 21.9 Å². The van der Waals surface area contributed by atoms with E-state index in [4.69, 9.17) is 0 Å². The minimum absolute atomic E-state index is 0.0730. The Morgan fingerprint density at radius 3 is 2.48 bits per heavy atom. The zero-order valence-electron chi connectivity index (χ0n) is 14.8. The fourth-order valence-corrected chi connectivity index (χ4v) is 2.61. The van der Waals surface area contributed by atoms with E-state index in [0.717, 1.165) is 28.7 Å². The van der Waals surface area contributed by atoms with Gasteiger partial charge in [0.25, 0.3) is 5.56 Å². The predicted octanol–water partition coefficient (Wildman–Crippen LogP) is 0.531. The van der Waals surface area contributed by atoms with Crippen molar-refractivity contribution < 1.29 is 4.79 Å². The Labute approximate surface area is 146 Å². The van der Waals surface area contributed by atoms with Gasteiger partial charge >= 0.3 is 5.69 Å². The van der Waals surface area contributed by atoms with Crippen molar-refractivity contribution >= 4 is 11.6 Å². The van der Waals surface area contributed by atoms with Crippen molar-refractivity contribution in [3.05, 3.63) is 62.3 Å². The monoisotopic (exact) mass is 344 g/mol. The molecule has 0 atom stereocenters. The first-order valence-electron chi connectivity index (χ1n) is 8.22. The molecule has 25 heavy (non-hydrogen) atoms. The van der Waals surface area contributed by atoms with Crippen LogP contribution in [0.15, 0.2) is 39.9 Å². The molecule has 0 saturated heterocycles. The summed E-state index contributed by atoms with van der Waals surface area (Å²) in [5.41, 5.74) is 1.10. The van der Waals surface area contributed by atoms with E-state index in [1.165, 1.54) is 17.7 Å². The Balaban J connectivity index is 1.81. The van der Waals surface area contributed by atoms with Gasteiger partial charge in [0, 0.05) is 38.8 Å². The van der Waals surface area contributed by atoms with Crippen LogP contribution in [0.5, 0.6) is 0 Å². The molecule has 0 fully saturated rings. The molecule has 0 saturated carbocycles. The molecule has 2 N–H and O–H groups in total. The minimum Gasteiger partial charge on any atom is -0.370 e. The summed E-state index contributed by atoms with van der Waals surface area (Å²) >= 11 is 0. The number of rotatable bonds is 8. The van der Waals surface area contributed by atoms with E-state index in [1.54, 1.807) is 14.0 Å². The molecule has 0 unspecified atom stereocenters. The number of anilines is 1. The van der Waals surface area contributed by atoms with Crippen LogP contribution in [-0.4, -0.2) is 34.6 Å². The van der Waals surface area contributed by atoms with E-state index in [0.29, 0.717) is 18.9 Å². The van der Waals surface area contributed by atoms with Gasteiger partial charge in [-0.05, 0) is 25.5 Å². The number of carbonyl (C=O) groups is 1. The van der Waals surface area contributed by atoms with Gasteiger partial charge in [-0.1, -0.05) is 24.3 Å². The molecule has 0 aliphatic carbocycles. The number of Topliss-reactive ketones (excluding diaryl/α,β-unsaturated/α-hetero) is 1. The maximum absolute atomic E-state index is 11.8. The molecule has 7 nitrogen and oxygen atoms in total. The fraction of sp³-hybridized carbons (Fsp3) is 0.389. The average molecular weight is 344 g/mol. The van der Waals surface area contributed by atoms with Gasteiger partial charge in [0.2, 0.25) is 0 Å². The summed E-state index contributed by atoms with van der Waals surface area (Å²) in [6.07, 6.45) is 0.764. The largest absolute Gasteiger partial charge is 0.370 e. The Hall–Kier alpha value is -2.67. The number of hydrogen-bond acceptors (Lipinski definition) is 5. The molecule has 0 radical (unpaired) electrons. The van der Waals surface area contributed by atoms with Gasteiger partial charge in [0.05, 0.1) is 0 Å². The highest BCUT2D eigenvalue weighted by atomic mass is 16.2. The van der Waals surface area contributed by atoms with Gasteiger partial charge in [0.15, 0.2) is 5.78 Å². The molecule has 0 aliphatic rings. The van der Waals surface area contributed by atoms with E-state index >= 15 is 0 Å². The number of nitrogens with one attached hydrogen (secondary N) is 2. The molecule has 1 aromatic heterocycles. The minimum atomic E-state index is -0.358. The summed E-state index contributed by atoms with van der Waals surface area (Å²) < 4.78 is 2.47. The molecule has 0 bridgehead atoms. The Morgan fingerprint density at radius 1 is 1.04 bits per heavy atom. The first-order chi connectivity index (χ1) is 11.9. The second-order valence-corrected chi connectivity index (χ2v) is 5.91. The number of hydrogen-bond donors (Lipinski definition) is 2. The van der Waals surface area contributed by atoms with Crippen molar-refractivity contribution in [1.29, 1.82) is 0 Å². The lowest BCUT2D eigenvalue weighted by molar-refractivity contribution is 0.101. The maximum Gasteiger partial charge on any atom is 0.332 e. The van der Waals surface area contributed by atoms with Crippen molar-refractivity contribution in [3.8, 4) is 0 Å². The molecule has 7 heteroatoms. The molecule has 1 heterocycles. The molecule has 0 amide bonds. The third-order valence-electron chi connectivity index (χ3n) is 4.10. The second-order valence-electron chi connectivity index (χ2n) is 5.91. The number of benzene rings is 1. The van der Waals surface area contributed by atoms with Crippen molar-refractivity contribution in [3.63, 3.8) is 0 Å². The molecule has 2 rings (SSSR count). The van der Waals surface area contributed by atoms with Crippen molar-refractivity contribution in [1.82, 2.24) is 14.5 Å². The highest BCUT2D eigenvalue weighted by Crippen LogP contribution is 2.09. The summed E-state index contributed by atoms with van der Waals surface area (Å²) in [6, 6.07) is 9.01. The van der Waals surface area contributed by atoms with Crippen molar-refractivity contribution in [2.45, 2.75) is 13.3 Å². The summed E-state index contributed by atoms with van der Waals surface area (Å²) in [4.78, 5) is 35.1. The number of ketones is 1. The van der Waals surface area contributed by atoms with E-state index in [2.05, 4.69) is 10.6 Å². The summed E-state index contributed by atoms with van der Waals surface area (Å²) in [5.74, 6) is 0.570. The van der Waals surface area contributed by atoms with Gasteiger partial charge < -0.3 is 10.6 Å². The van der Waals surface area contributed by atoms with Crippen LogP contribution in [0.2, 0.25) is 0 Å². The second kappa shape index (κ2) is 8.43. The molecule has 2 aromatic rings. The lowest BCUT2D eigenvalue weighted by Gasteiger charge is -2.12. The highest BCUT2D eigenvalue weighted by molar-refractivity contribution is 5.95. The Morgan fingerprint density at radius 2 is 1.76 bits per heavy atom. The van der Waals surface area contributed by atoms with Crippen LogP contribution in [0.1, 0.15) is 22.8 Å². The van der Waals surface area contributed by atoms with E-state index in [-0.39, 0.29) is 17.0 Å². The van der Waals surface area contributed by atoms with Gasteiger partial charge in [-0.25, -0.2) is 4.79 Å². The van der Waals surface area contributed by atoms with Crippen LogP contribution in [-0.2, 0) is 20.5 Å². The SMILES string of the molecule is CC(=O)c1ccccc1CCNCCNc1cc(=O)n(C)c(=O)n1C. The standard InChI is InChI=1S/C18H24N4O3/c1-13(23)15-7-5-4-6-14(15)8-9-19-10-11-20-16-12-17(24)22(3)18(25)21(16)2/h4-7,12,19-20H,8-11H2,1-3H3. The molecule has 134 valence electrons. The molecular weight excluding hydrogens is 320 g/mol. The summed E-state index contributed by atoms with van der Waals surface area (Å²) in [6.45, 7) is 3.56. The maximum atomic E-state index is 11.8. The predicted molar refractivity (Wildman–Crippen MR) is 98.4 cm³/mol. The topological polar surface area (TPSA) is 85.1 Å². The van der Waals surface area contributed by atoms with Gasteiger partial charge in [-0.2, -0.15) is 0 Å². The van der Waals surface area contributed by atoms with Gasteiger partial charge in [0.1, 0.15) is 5.82 Å². The van der Waals surface area contributed by atoms with Gasteiger partial charge in [-0.15, -0.1) is 0 Å². The van der Waals surface area contributed by atoms with E-state index in [1.807, 2.05) is 24.3 Å². The van der Waals surface area contributed by atoms with Crippen LogP contribution in [0.25, 0.3) is 0 Å². The summed E-state index contributed by atoms with van der Waals surface area (Å²) in [5, 5.41) is 6.37. The first kappa shape index (κ1) is 18.7. The van der Waals surface area contributed by atoms with Crippen molar-refractivity contribution in [2.24, 2.45) is 14.1 Å². The third-order valence-corrected chi connectivity index (χ3v) is 4.10. The van der Waals surface area contributed by atoms with E-state index in [9.17, 15) is 14.4 Å². The lowest BCUT2D eigenvalue weighted by atomic mass is 10.0. The average Bonchev–Trinajstić information content (AvgIpc) is 2.60. The zero-order chi connectivity index (χ0) is 18.4. The van der Waals surface area contributed by atoms with Crippen LogP contribution in [0.4, 0.5) is 5.82 Å².